The van der Waals surface area contributed by atoms with Gasteiger partial charge in [-0.25, -0.2) is 9.37 Å². The van der Waals surface area contributed by atoms with E-state index < -0.39 is 17.6 Å². The van der Waals surface area contributed by atoms with Gasteiger partial charge in [0.15, 0.2) is 0 Å². The van der Waals surface area contributed by atoms with Crippen LogP contribution in [0.15, 0.2) is 58.1 Å². The molecule has 3 rings (SSSR count). The van der Waals surface area contributed by atoms with Gasteiger partial charge < -0.3 is 0 Å². The second-order valence-electron chi connectivity index (χ2n) is 5.64. The highest BCUT2D eigenvalue weighted by atomic mass is 79.9. The molecule has 0 aliphatic carbocycles. The minimum absolute atomic E-state index is 0.0708. The monoisotopic (exact) mass is 432 g/mol. The van der Waals surface area contributed by atoms with Crippen molar-refractivity contribution in [2.24, 2.45) is 0 Å². The lowest BCUT2D eigenvalue weighted by molar-refractivity contribution is -0.122. The quantitative estimate of drug-likeness (QED) is 0.617. The molecule has 0 unspecified atom stereocenters. The smallest absolute Gasteiger partial charge is 0.272 e. The van der Waals surface area contributed by atoms with Gasteiger partial charge in [0.2, 0.25) is 5.91 Å². The summed E-state index contributed by atoms with van der Waals surface area (Å²) >= 11 is 3.30. The van der Waals surface area contributed by atoms with Gasteiger partial charge in [-0.3, -0.25) is 29.8 Å². The van der Waals surface area contributed by atoms with E-state index in [-0.39, 0.29) is 24.1 Å². The van der Waals surface area contributed by atoms with Crippen molar-refractivity contribution >= 4 is 38.6 Å². The van der Waals surface area contributed by atoms with Crippen molar-refractivity contribution in [1.82, 2.24) is 20.4 Å². The summed E-state index contributed by atoms with van der Waals surface area (Å²) in [5.74, 6) is -1.99. The zero-order valence-corrected chi connectivity index (χ0v) is 15.5. The van der Waals surface area contributed by atoms with Gasteiger partial charge in [-0.2, -0.15) is 0 Å². The molecule has 2 N–H and O–H groups in total. The molecule has 0 bridgehead atoms. The minimum atomic E-state index is -0.768. The molecule has 2 aromatic carbocycles. The summed E-state index contributed by atoms with van der Waals surface area (Å²) in [4.78, 5) is 40.4. The lowest BCUT2D eigenvalue weighted by atomic mass is 10.2. The van der Waals surface area contributed by atoms with E-state index in [2.05, 4.69) is 31.8 Å². The van der Waals surface area contributed by atoms with E-state index in [1.807, 2.05) is 0 Å². The Hall–Kier alpha value is -3.07. The fraction of sp³-hybridized carbons (Fsp3) is 0.111. The van der Waals surface area contributed by atoms with E-state index in [0.717, 1.165) is 10.5 Å². The number of carbonyl (C=O) groups excluding carboxylic acids is 2. The highest BCUT2D eigenvalue weighted by Crippen LogP contribution is 2.14. The number of nitrogens with one attached hydrogen (secondary N) is 2. The zero-order valence-electron chi connectivity index (χ0n) is 13.9. The van der Waals surface area contributed by atoms with Crippen LogP contribution in [-0.2, 0) is 11.3 Å². The highest BCUT2D eigenvalue weighted by Gasteiger charge is 2.12. The van der Waals surface area contributed by atoms with Crippen LogP contribution in [0.1, 0.15) is 16.8 Å². The van der Waals surface area contributed by atoms with Crippen molar-refractivity contribution in [2.45, 2.75) is 13.0 Å². The molecule has 0 fully saturated rings. The Balaban J connectivity index is 1.60. The molecule has 3 aromatic rings. The summed E-state index contributed by atoms with van der Waals surface area (Å²) in [5.41, 5.74) is 4.44. The number of hydrazine groups is 1. The largest absolute Gasteiger partial charge is 0.298 e. The van der Waals surface area contributed by atoms with Crippen LogP contribution in [0.25, 0.3) is 10.9 Å². The van der Waals surface area contributed by atoms with E-state index >= 15 is 0 Å². The Bertz CT molecular complexity index is 1080. The van der Waals surface area contributed by atoms with Crippen LogP contribution in [-0.4, -0.2) is 21.4 Å². The Kier molecular flexibility index (Phi) is 5.60. The van der Waals surface area contributed by atoms with E-state index in [9.17, 15) is 18.8 Å². The van der Waals surface area contributed by atoms with Crippen LogP contribution >= 0.6 is 15.9 Å². The van der Waals surface area contributed by atoms with Crippen molar-refractivity contribution in [1.29, 1.82) is 0 Å². The third-order valence-corrected chi connectivity index (χ3v) is 4.29. The van der Waals surface area contributed by atoms with Crippen molar-refractivity contribution in [2.75, 3.05) is 0 Å². The number of benzene rings is 2. The Morgan fingerprint density at radius 1 is 1.15 bits per heavy atom. The van der Waals surface area contributed by atoms with Gasteiger partial charge in [0, 0.05) is 17.4 Å². The molecule has 138 valence electrons. The lowest BCUT2D eigenvalue weighted by Gasteiger charge is -2.09. The van der Waals surface area contributed by atoms with E-state index in [1.54, 1.807) is 18.2 Å². The molecule has 9 heteroatoms. The Morgan fingerprint density at radius 3 is 2.70 bits per heavy atom. The second kappa shape index (κ2) is 8.09. The number of nitrogens with zero attached hydrogens (tertiary/aromatic N) is 2. The molecular weight excluding hydrogens is 419 g/mol. The number of fused-ring (bicyclic) bond motifs is 1. The van der Waals surface area contributed by atoms with Crippen molar-refractivity contribution in [3.8, 4) is 0 Å². The normalized spacial score (nSPS) is 10.6. The van der Waals surface area contributed by atoms with E-state index in [1.165, 1.54) is 29.1 Å². The summed E-state index contributed by atoms with van der Waals surface area (Å²) in [6.07, 6.45) is 1.29. The van der Waals surface area contributed by atoms with Crippen molar-refractivity contribution in [3.05, 3.63) is 75.0 Å². The first-order chi connectivity index (χ1) is 13.0. The first kappa shape index (κ1) is 18.7. The summed E-state index contributed by atoms with van der Waals surface area (Å²) in [5, 5.41) is 0.431. The molecule has 0 saturated heterocycles. The van der Waals surface area contributed by atoms with Gasteiger partial charge in [0.25, 0.3) is 11.5 Å². The standard InChI is InChI=1S/C18H14BrFN4O3/c19-11-5-6-15-13(9-11)18(27)24(10-21-15)8-7-16(25)22-23-17(26)12-3-1-2-4-14(12)20/h1-6,9-10H,7-8H2,(H,22,25)(H,23,26). The van der Waals surface area contributed by atoms with Crippen LogP contribution < -0.4 is 16.4 Å². The number of carbonyl (C=O) groups is 2. The molecule has 0 radical (unpaired) electrons. The Labute approximate surface area is 161 Å². The molecule has 27 heavy (non-hydrogen) atoms. The number of hydrogen-bond acceptors (Lipinski definition) is 4. The number of hydrogen-bond donors (Lipinski definition) is 2. The number of rotatable bonds is 4. The van der Waals surface area contributed by atoms with Gasteiger partial charge in [-0.15, -0.1) is 0 Å². The average Bonchev–Trinajstić information content (AvgIpc) is 2.66. The number of aryl methyl sites for hydroxylation is 1. The topological polar surface area (TPSA) is 93.1 Å². The molecular formula is C18H14BrFN4O3. The lowest BCUT2D eigenvalue weighted by Crippen LogP contribution is -2.42. The van der Waals surface area contributed by atoms with Crippen LogP contribution in [0.3, 0.4) is 0 Å². The molecule has 2 amide bonds. The third-order valence-electron chi connectivity index (χ3n) is 3.80. The van der Waals surface area contributed by atoms with Gasteiger partial charge in [-0.05, 0) is 30.3 Å². The maximum atomic E-state index is 13.5. The highest BCUT2D eigenvalue weighted by molar-refractivity contribution is 9.10. The van der Waals surface area contributed by atoms with Crippen molar-refractivity contribution in [3.63, 3.8) is 0 Å². The number of halogens is 2. The summed E-state index contributed by atoms with van der Waals surface area (Å²) in [7, 11) is 0. The molecule has 0 atom stereocenters. The zero-order chi connectivity index (χ0) is 19.4. The third kappa shape index (κ3) is 4.37. The molecule has 0 saturated carbocycles. The summed E-state index contributed by atoms with van der Waals surface area (Å²) in [6.45, 7) is 0.0791. The van der Waals surface area contributed by atoms with Crippen LogP contribution in [0, 0.1) is 5.82 Å². The first-order valence-corrected chi connectivity index (χ1v) is 8.73. The molecule has 0 spiro atoms. The van der Waals surface area contributed by atoms with Gasteiger partial charge in [-0.1, -0.05) is 28.1 Å². The summed E-state index contributed by atoms with van der Waals surface area (Å²) < 4.78 is 15.6. The van der Waals surface area contributed by atoms with E-state index in [4.69, 9.17) is 0 Å². The maximum Gasteiger partial charge on any atom is 0.272 e. The predicted molar refractivity (Wildman–Crippen MR) is 100 cm³/mol. The fourth-order valence-corrected chi connectivity index (χ4v) is 2.78. The number of aromatic nitrogens is 2. The SMILES string of the molecule is O=C(CCn1cnc2ccc(Br)cc2c1=O)NNC(=O)c1ccccc1F. The fourth-order valence-electron chi connectivity index (χ4n) is 2.41. The molecule has 0 aliphatic heterocycles. The van der Waals surface area contributed by atoms with E-state index in [0.29, 0.717) is 10.9 Å². The number of amides is 2. The summed E-state index contributed by atoms with van der Waals surface area (Å²) in [6, 6.07) is 10.6. The molecule has 0 aliphatic rings. The predicted octanol–water partition coefficient (Wildman–Crippen LogP) is 2.15. The Morgan fingerprint density at radius 2 is 1.93 bits per heavy atom. The minimum Gasteiger partial charge on any atom is -0.298 e. The maximum absolute atomic E-state index is 13.5. The molecule has 1 heterocycles. The van der Waals surface area contributed by atoms with Gasteiger partial charge in [0.05, 0.1) is 22.8 Å². The van der Waals surface area contributed by atoms with Crippen LogP contribution in [0.5, 0.6) is 0 Å². The van der Waals surface area contributed by atoms with Gasteiger partial charge in [0.1, 0.15) is 5.82 Å². The molecule has 7 nitrogen and oxygen atoms in total. The second-order valence-corrected chi connectivity index (χ2v) is 6.55. The average molecular weight is 433 g/mol. The van der Waals surface area contributed by atoms with Crippen LogP contribution in [0.2, 0.25) is 0 Å². The van der Waals surface area contributed by atoms with Gasteiger partial charge >= 0.3 is 0 Å². The van der Waals surface area contributed by atoms with Crippen molar-refractivity contribution < 1.29 is 14.0 Å². The molecule has 1 aromatic heterocycles. The first-order valence-electron chi connectivity index (χ1n) is 7.94. The van der Waals surface area contributed by atoms with Crippen LogP contribution in [0.4, 0.5) is 4.39 Å².